The molecule has 1 fully saturated rings. The van der Waals surface area contributed by atoms with Crippen LogP contribution in [0.4, 0.5) is 0 Å². The molecule has 1 aliphatic rings. The minimum atomic E-state index is 0.425. The molecule has 0 aliphatic heterocycles. The maximum atomic E-state index is 6.08. The third-order valence-corrected chi connectivity index (χ3v) is 6.20. The molecule has 3 nitrogen and oxygen atoms in total. The number of aryl methyl sites for hydroxylation is 1. The minimum Gasteiger partial charge on any atom is -0.494 e. The minimum absolute atomic E-state index is 0.425. The van der Waals surface area contributed by atoms with Gasteiger partial charge in [-0.2, -0.15) is 0 Å². The van der Waals surface area contributed by atoms with E-state index in [0.717, 1.165) is 70.5 Å². The zero-order valence-corrected chi connectivity index (χ0v) is 19.8. The summed E-state index contributed by atoms with van der Waals surface area (Å²) in [4.78, 5) is 0. The summed E-state index contributed by atoms with van der Waals surface area (Å²) in [5.41, 5.74) is 3.76. The molecule has 2 aromatic rings. The number of ether oxygens (including phenoxy) is 3. The van der Waals surface area contributed by atoms with E-state index in [0.29, 0.717) is 12.2 Å². The molecule has 0 spiro atoms. The predicted molar refractivity (Wildman–Crippen MR) is 133 cm³/mol. The summed E-state index contributed by atoms with van der Waals surface area (Å²) < 4.78 is 17.9. The molecule has 1 saturated carbocycles. The van der Waals surface area contributed by atoms with E-state index in [2.05, 4.69) is 62.0 Å². The number of hydrogen-bond acceptors (Lipinski definition) is 3. The molecule has 3 heteroatoms. The molecule has 2 aromatic carbocycles. The standard InChI is InChI=1S/C29H40O3/c1-3-4-21-30-28-17-19-29(20-18-28)32-23-8-6-5-7-22-31-27-15-13-26(14-16-27)25-11-9-24(2)10-12-25/h3,9-16,28-29H,1,4-8,17-23H2,2H3. The first-order valence-electron chi connectivity index (χ1n) is 12.4. The van der Waals surface area contributed by atoms with Gasteiger partial charge in [-0.1, -0.05) is 54.5 Å². The zero-order valence-electron chi connectivity index (χ0n) is 19.8. The monoisotopic (exact) mass is 436 g/mol. The van der Waals surface area contributed by atoms with Gasteiger partial charge in [0.05, 0.1) is 25.4 Å². The van der Waals surface area contributed by atoms with Gasteiger partial charge in [-0.15, -0.1) is 6.58 Å². The summed E-state index contributed by atoms with van der Waals surface area (Å²) in [6.07, 6.45) is 12.9. The molecule has 0 N–H and O–H groups in total. The summed E-state index contributed by atoms with van der Waals surface area (Å²) >= 11 is 0. The van der Waals surface area contributed by atoms with Crippen molar-refractivity contribution in [1.82, 2.24) is 0 Å². The number of hydrogen-bond donors (Lipinski definition) is 0. The molecule has 0 heterocycles. The van der Waals surface area contributed by atoms with E-state index in [4.69, 9.17) is 14.2 Å². The lowest BCUT2D eigenvalue weighted by atomic mass is 9.95. The average molecular weight is 437 g/mol. The van der Waals surface area contributed by atoms with Crippen LogP contribution < -0.4 is 4.74 Å². The van der Waals surface area contributed by atoms with Gasteiger partial charge in [-0.05, 0) is 81.5 Å². The Morgan fingerprint density at radius 3 is 1.84 bits per heavy atom. The van der Waals surface area contributed by atoms with E-state index in [1.807, 2.05) is 6.08 Å². The van der Waals surface area contributed by atoms with Crippen LogP contribution in [0.5, 0.6) is 5.75 Å². The van der Waals surface area contributed by atoms with E-state index in [-0.39, 0.29) is 0 Å². The van der Waals surface area contributed by atoms with Crippen LogP contribution in [0, 0.1) is 6.92 Å². The van der Waals surface area contributed by atoms with E-state index >= 15 is 0 Å². The molecule has 0 saturated heterocycles. The number of rotatable bonds is 14. The van der Waals surface area contributed by atoms with Crippen LogP contribution >= 0.6 is 0 Å². The SMILES string of the molecule is C=CCCOC1CCC(OCCCCCCOc2ccc(-c3ccc(C)cc3)cc2)CC1. The fourth-order valence-electron chi connectivity index (χ4n) is 4.17. The summed E-state index contributed by atoms with van der Waals surface area (Å²) in [6.45, 7) is 8.32. The van der Waals surface area contributed by atoms with Gasteiger partial charge in [-0.3, -0.25) is 0 Å². The van der Waals surface area contributed by atoms with Crippen LogP contribution in [0.25, 0.3) is 11.1 Å². The van der Waals surface area contributed by atoms with Crippen molar-refractivity contribution < 1.29 is 14.2 Å². The molecule has 0 aromatic heterocycles. The lowest BCUT2D eigenvalue weighted by molar-refractivity contribution is -0.0308. The lowest BCUT2D eigenvalue weighted by Gasteiger charge is -2.28. The summed E-state index contributed by atoms with van der Waals surface area (Å²) in [5.74, 6) is 0.952. The Kier molecular flexibility index (Phi) is 10.8. The third kappa shape index (κ3) is 8.80. The van der Waals surface area contributed by atoms with E-state index < -0.39 is 0 Å². The normalized spacial score (nSPS) is 18.4. The van der Waals surface area contributed by atoms with Crippen LogP contribution in [-0.4, -0.2) is 32.0 Å². The van der Waals surface area contributed by atoms with Gasteiger partial charge in [0.25, 0.3) is 0 Å². The first-order valence-corrected chi connectivity index (χ1v) is 12.4. The number of unbranched alkanes of at least 4 members (excludes halogenated alkanes) is 3. The Labute approximate surface area is 194 Å². The Balaban J connectivity index is 1.18. The topological polar surface area (TPSA) is 27.7 Å². The molecule has 0 unspecified atom stereocenters. The second kappa shape index (κ2) is 14.1. The molecular formula is C29H40O3. The molecule has 1 aliphatic carbocycles. The molecule has 0 bridgehead atoms. The van der Waals surface area contributed by atoms with E-state index in [1.165, 1.54) is 29.5 Å². The molecular weight excluding hydrogens is 396 g/mol. The fraction of sp³-hybridized carbons (Fsp3) is 0.517. The van der Waals surface area contributed by atoms with Gasteiger partial charge >= 0.3 is 0 Å². The molecule has 0 amide bonds. The average Bonchev–Trinajstić information content (AvgIpc) is 2.83. The number of benzene rings is 2. The van der Waals surface area contributed by atoms with Gasteiger partial charge in [0.2, 0.25) is 0 Å². The predicted octanol–water partition coefficient (Wildman–Crippen LogP) is 7.52. The quantitative estimate of drug-likeness (QED) is 0.226. The summed E-state index contributed by atoms with van der Waals surface area (Å²) in [6, 6.07) is 17.1. The van der Waals surface area contributed by atoms with Crippen molar-refractivity contribution in [2.45, 2.75) is 76.9 Å². The Bertz CT molecular complexity index is 758. The van der Waals surface area contributed by atoms with Gasteiger partial charge < -0.3 is 14.2 Å². The summed E-state index contributed by atoms with van der Waals surface area (Å²) in [7, 11) is 0. The van der Waals surface area contributed by atoms with Crippen molar-refractivity contribution >= 4 is 0 Å². The molecule has 32 heavy (non-hydrogen) atoms. The summed E-state index contributed by atoms with van der Waals surface area (Å²) in [5, 5.41) is 0. The van der Waals surface area contributed by atoms with E-state index in [9.17, 15) is 0 Å². The third-order valence-electron chi connectivity index (χ3n) is 6.20. The highest BCUT2D eigenvalue weighted by molar-refractivity contribution is 5.64. The van der Waals surface area contributed by atoms with Crippen molar-refractivity contribution in [3.05, 3.63) is 66.7 Å². The highest BCUT2D eigenvalue weighted by Crippen LogP contribution is 2.24. The Morgan fingerprint density at radius 1 is 0.719 bits per heavy atom. The van der Waals surface area contributed by atoms with Gasteiger partial charge in [0.15, 0.2) is 0 Å². The van der Waals surface area contributed by atoms with Crippen LogP contribution in [0.1, 0.15) is 63.4 Å². The van der Waals surface area contributed by atoms with Gasteiger partial charge in [0, 0.05) is 6.61 Å². The van der Waals surface area contributed by atoms with Gasteiger partial charge in [0.1, 0.15) is 5.75 Å². The van der Waals surface area contributed by atoms with Crippen LogP contribution in [0.15, 0.2) is 61.2 Å². The fourth-order valence-corrected chi connectivity index (χ4v) is 4.17. The smallest absolute Gasteiger partial charge is 0.119 e. The lowest BCUT2D eigenvalue weighted by Crippen LogP contribution is -2.27. The van der Waals surface area contributed by atoms with Crippen molar-refractivity contribution in [2.24, 2.45) is 0 Å². The van der Waals surface area contributed by atoms with Gasteiger partial charge in [-0.25, -0.2) is 0 Å². The first kappa shape index (κ1) is 24.5. The second-order valence-corrected chi connectivity index (χ2v) is 8.87. The molecule has 0 radical (unpaired) electrons. The van der Waals surface area contributed by atoms with Crippen molar-refractivity contribution in [3.63, 3.8) is 0 Å². The highest BCUT2D eigenvalue weighted by atomic mass is 16.5. The maximum absolute atomic E-state index is 6.08. The Morgan fingerprint density at radius 2 is 1.25 bits per heavy atom. The molecule has 0 atom stereocenters. The second-order valence-electron chi connectivity index (χ2n) is 8.87. The molecule has 3 rings (SSSR count). The zero-order chi connectivity index (χ0) is 22.4. The van der Waals surface area contributed by atoms with Crippen LogP contribution in [0.3, 0.4) is 0 Å². The molecule has 174 valence electrons. The van der Waals surface area contributed by atoms with Crippen LogP contribution in [0.2, 0.25) is 0 Å². The Hall–Kier alpha value is -2.10. The first-order chi connectivity index (χ1) is 15.7. The largest absolute Gasteiger partial charge is 0.494 e. The van der Waals surface area contributed by atoms with Crippen molar-refractivity contribution in [1.29, 1.82) is 0 Å². The van der Waals surface area contributed by atoms with Crippen molar-refractivity contribution in [3.8, 4) is 16.9 Å². The highest BCUT2D eigenvalue weighted by Gasteiger charge is 2.21. The maximum Gasteiger partial charge on any atom is 0.119 e. The van der Waals surface area contributed by atoms with Crippen molar-refractivity contribution in [2.75, 3.05) is 19.8 Å². The van der Waals surface area contributed by atoms with E-state index in [1.54, 1.807) is 0 Å². The van der Waals surface area contributed by atoms with Crippen LogP contribution in [-0.2, 0) is 9.47 Å².